The van der Waals surface area contributed by atoms with E-state index >= 15 is 0 Å². The predicted octanol–water partition coefficient (Wildman–Crippen LogP) is 3.92. The number of hydrogen-bond acceptors (Lipinski definition) is 4. The van der Waals surface area contributed by atoms with Crippen LogP contribution < -0.4 is 0 Å². The molecule has 1 saturated carbocycles. The topological polar surface area (TPSA) is 37.2 Å². The van der Waals surface area contributed by atoms with Crippen molar-refractivity contribution in [2.45, 2.75) is 44.3 Å². The van der Waals surface area contributed by atoms with Crippen molar-refractivity contribution >= 4 is 0 Å². The van der Waals surface area contributed by atoms with Crippen LogP contribution >= 0.6 is 0 Å². The normalized spacial score (nSPS) is 19.3. The van der Waals surface area contributed by atoms with Gasteiger partial charge in [0, 0.05) is 32.2 Å². The van der Waals surface area contributed by atoms with Crippen LogP contribution in [0.5, 0.6) is 0 Å². The molecule has 1 unspecified atom stereocenters. The summed E-state index contributed by atoms with van der Waals surface area (Å²) < 4.78 is 15.6. The highest BCUT2D eigenvalue weighted by molar-refractivity contribution is 5.20. The number of aromatic nitrogens is 3. The van der Waals surface area contributed by atoms with Gasteiger partial charge in [-0.3, -0.25) is 9.80 Å². The Morgan fingerprint density at radius 3 is 2.32 bits per heavy atom. The highest BCUT2D eigenvalue weighted by Gasteiger charge is 2.32. The molecule has 31 heavy (non-hydrogen) atoms. The van der Waals surface area contributed by atoms with Crippen molar-refractivity contribution in [2.24, 2.45) is 0 Å². The number of nitrogens with zero attached hydrogens (tertiary/aromatic N) is 5. The van der Waals surface area contributed by atoms with Gasteiger partial charge in [0.25, 0.3) is 0 Å². The third-order valence-corrected chi connectivity index (χ3v) is 6.86. The maximum absolute atomic E-state index is 13.5. The minimum absolute atomic E-state index is 0.125. The molecule has 1 aliphatic carbocycles. The number of benzene rings is 2. The summed E-state index contributed by atoms with van der Waals surface area (Å²) in [6, 6.07) is 18.2. The van der Waals surface area contributed by atoms with Gasteiger partial charge in [-0.1, -0.05) is 48.9 Å². The number of hydrogen-bond donors (Lipinski definition) is 0. The Hall–Kier alpha value is -2.57. The third-order valence-electron chi connectivity index (χ3n) is 6.86. The fourth-order valence-electron chi connectivity index (χ4n) is 4.82. The molecule has 2 fully saturated rings. The monoisotopic (exact) mass is 419 g/mol. The van der Waals surface area contributed by atoms with Gasteiger partial charge in [0.1, 0.15) is 12.1 Å². The zero-order chi connectivity index (χ0) is 21.0. The lowest BCUT2D eigenvalue weighted by Crippen LogP contribution is -2.53. The fraction of sp³-hybridized carbons (Fsp3) is 0.440. The lowest BCUT2D eigenvalue weighted by molar-refractivity contribution is 0.0397. The van der Waals surface area contributed by atoms with Crippen molar-refractivity contribution in [3.63, 3.8) is 0 Å². The largest absolute Gasteiger partial charge is 0.312 e. The third kappa shape index (κ3) is 4.70. The maximum Gasteiger partial charge on any atom is 0.150 e. The average molecular weight is 420 g/mol. The second-order valence-electron chi connectivity index (χ2n) is 8.81. The Kier molecular flexibility index (Phi) is 6.09. The van der Waals surface area contributed by atoms with Gasteiger partial charge in [0.15, 0.2) is 5.82 Å². The summed E-state index contributed by atoms with van der Waals surface area (Å²) in [5.74, 6) is 0.798. The lowest BCUT2D eigenvalue weighted by Gasteiger charge is -2.44. The van der Waals surface area contributed by atoms with E-state index in [1.807, 2.05) is 24.5 Å². The number of rotatable bonds is 7. The van der Waals surface area contributed by atoms with Gasteiger partial charge in [-0.15, -0.1) is 10.2 Å². The Balaban J connectivity index is 1.38. The summed E-state index contributed by atoms with van der Waals surface area (Å²) in [7, 11) is 0. The summed E-state index contributed by atoms with van der Waals surface area (Å²) in [5, 5.41) is 8.84. The summed E-state index contributed by atoms with van der Waals surface area (Å²) in [4.78, 5) is 5.20. The molecule has 2 aliphatic rings. The maximum atomic E-state index is 13.5. The van der Waals surface area contributed by atoms with Crippen molar-refractivity contribution in [3.8, 4) is 0 Å². The Bertz CT molecular complexity index is 959. The average Bonchev–Trinajstić information content (AvgIpc) is 3.21. The van der Waals surface area contributed by atoms with Crippen molar-refractivity contribution in [1.29, 1.82) is 0 Å². The summed E-state index contributed by atoms with van der Waals surface area (Å²) in [6.45, 7) is 5.03. The zero-order valence-corrected chi connectivity index (χ0v) is 17.9. The number of halogens is 1. The van der Waals surface area contributed by atoms with Crippen LogP contribution in [0.25, 0.3) is 0 Å². The minimum atomic E-state index is -0.193. The molecule has 0 N–H and O–H groups in total. The smallest absolute Gasteiger partial charge is 0.150 e. The summed E-state index contributed by atoms with van der Waals surface area (Å²) in [6.07, 6.45) is 6.72. The van der Waals surface area contributed by atoms with Gasteiger partial charge >= 0.3 is 0 Å². The van der Waals surface area contributed by atoms with Gasteiger partial charge in [-0.25, -0.2) is 4.39 Å². The molecule has 1 aromatic heterocycles. The SMILES string of the molecule is Fc1ccc(CC(c2nncn2Cc2ccccc2)N2CCN(C3CCC3)CC2)cc1. The van der Waals surface area contributed by atoms with Crippen LogP contribution in [0.4, 0.5) is 4.39 Å². The van der Waals surface area contributed by atoms with Crippen molar-refractivity contribution < 1.29 is 4.39 Å². The standard InChI is InChI=1S/C25H30FN5/c26-22-11-9-20(10-12-22)17-24(30-15-13-29(14-16-30)23-7-4-8-23)25-28-27-19-31(25)18-21-5-2-1-3-6-21/h1-3,5-6,9-12,19,23-24H,4,7-8,13-18H2. The van der Waals surface area contributed by atoms with Crippen molar-refractivity contribution in [3.05, 3.63) is 83.7 Å². The zero-order valence-electron chi connectivity index (χ0n) is 17.9. The van der Waals surface area contributed by atoms with E-state index in [1.165, 1.54) is 24.8 Å². The van der Waals surface area contributed by atoms with Crippen LogP contribution in [-0.4, -0.2) is 56.8 Å². The van der Waals surface area contributed by atoms with E-state index in [0.717, 1.165) is 56.6 Å². The molecule has 0 radical (unpaired) electrons. The molecule has 162 valence electrons. The van der Waals surface area contributed by atoms with E-state index < -0.39 is 0 Å². The number of piperazine rings is 1. The quantitative estimate of drug-likeness (QED) is 0.582. The van der Waals surface area contributed by atoms with Gasteiger partial charge in [0.05, 0.1) is 12.6 Å². The highest BCUT2D eigenvalue weighted by Crippen LogP contribution is 2.29. The first kappa shape index (κ1) is 20.3. The molecule has 3 aromatic rings. The van der Waals surface area contributed by atoms with Gasteiger partial charge in [0.2, 0.25) is 0 Å². The molecule has 6 heteroatoms. The van der Waals surface area contributed by atoms with Crippen LogP contribution in [-0.2, 0) is 13.0 Å². The highest BCUT2D eigenvalue weighted by atomic mass is 19.1. The molecule has 2 aromatic carbocycles. The van der Waals surface area contributed by atoms with Crippen molar-refractivity contribution in [1.82, 2.24) is 24.6 Å². The van der Waals surface area contributed by atoms with Crippen molar-refractivity contribution in [2.75, 3.05) is 26.2 Å². The molecule has 5 rings (SSSR count). The molecule has 5 nitrogen and oxygen atoms in total. The predicted molar refractivity (Wildman–Crippen MR) is 119 cm³/mol. The Morgan fingerprint density at radius 1 is 0.903 bits per heavy atom. The lowest BCUT2D eigenvalue weighted by atomic mass is 9.91. The van der Waals surface area contributed by atoms with Crippen LogP contribution in [0, 0.1) is 5.82 Å². The van der Waals surface area contributed by atoms with Gasteiger partial charge in [-0.05, 0) is 42.5 Å². The van der Waals surface area contributed by atoms with Gasteiger partial charge < -0.3 is 4.57 Å². The van der Waals surface area contributed by atoms with Crippen LogP contribution in [0.2, 0.25) is 0 Å². The molecule has 0 spiro atoms. The van der Waals surface area contributed by atoms with Crippen LogP contribution in [0.3, 0.4) is 0 Å². The Morgan fingerprint density at radius 2 is 1.65 bits per heavy atom. The minimum Gasteiger partial charge on any atom is -0.312 e. The van der Waals surface area contributed by atoms with Crippen LogP contribution in [0.1, 0.15) is 42.3 Å². The van der Waals surface area contributed by atoms with E-state index in [1.54, 1.807) is 12.1 Å². The van der Waals surface area contributed by atoms with E-state index in [-0.39, 0.29) is 11.9 Å². The molecule has 2 heterocycles. The molecule has 1 saturated heterocycles. The Labute approximate surface area is 183 Å². The first-order chi connectivity index (χ1) is 15.3. The van der Waals surface area contributed by atoms with E-state index in [0.29, 0.717) is 0 Å². The fourth-order valence-corrected chi connectivity index (χ4v) is 4.82. The van der Waals surface area contributed by atoms with E-state index in [9.17, 15) is 4.39 Å². The second-order valence-corrected chi connectivity index (χ2v) is 8.81. The summed E-state index contributed by atoms with van der Waals surface area (Å²) in [5.41, 5.74) is 2.36. The van der Waals surface area contributed by atoms with E-state index in [2.05, 4.69) is 48.8 Å². The molecule has 0 amide bonds. The van der Waals surface area contributed by atoms with Gasteiger partial charge in [-0.2, -0.15) is 0 Å². The van der Waals surface area contributed by atoms with E-state index in [4.69, 9.17) is 0 Å². The second kappa shape index (κ2) is 9.28. The molecule has 1 aliphatic heterocycles. The first-order valence-corrected chi connectivity index (χ1v) is 11.4. The molecule has 0 bridgehead atoms. The molecular formula is C25H30FN5. The summed E-state index contributed by atoms with van der Waals surface area (Å²) >= 11 is 0. The first-order valence-electron chi connectivity index (χ1n) is 11.4. The molecule has 1 atom stereocenters. The van der Waals surface area contributed by atoms with Crippen LogP contribution in [0.15, 0.2) is 60.9 Å². The molecular weight excluding hydrogens is 389 g/mol.